The molecule has 0 saturated heterocycles. The lowest BCUT2D eigenvalue weighted by molar-refractivity contribution is 0.0636. The van der Waals surface area contributed by atoms with E-state index in [0.717, 1.165) is 0 Å². The Kier molecular flexibility index (Phi) is 5.35. The Morgan fingerprint density at radius 1 is 1.45 bits per heavy atom. The number of carbonyl (C=O) groups excluding carboxylic acids is 1. The Labute approximate surface area is 118 Å². The van der Waals surface area contributed by atoms with Crippen molar-refractivity contribution >= 4 is 11.8 Å². The summed E-state index contributed by atoms with van der Waals surface area (Å²) < 4.78 is 5.11. The molecule has 6 heteroatoms. The topological polar surface area (TPSA) is 105 Å². The monoisotopic (exact) mass is 282 g/mol. The van der Waals surface area contributed by atoms with Crippen molar-refractivity contribution in [3.8, 4) is 5.75 Å². The van der Waals surface area contributed by atoms with Gasteiger partial charge in [-0.05, 0) is 33.3 Å². The fourth-order valence-electron chi connectivity index (χ4n) is 1.65. The zero-order chi connectivity index (χ0) is 15.3. The van der Waals surface area contributed by atoms with Crippen LogP contribution in [0, 0.1) is 0 Å². The third-order valence-electron chi connectivity index (χ3n) is 2.52. The number of nitrogens with two attached hydrogens (primary N) is 1. The van der Waals surface area contributed by atoms with Crippen LogP contribution in [0.5, 0.6) is 5.75 Å². The van der Waals surface area contributed by atoms with Gasteiger partial charge in [0.05, 0.1) is 0 Å². The van der Waals surface area contributed by atoms with Crippen molar-refractivity contribution < 1.29 is 19.7 Å². The van der Waals surface area contributed by atoms with E-state index in [1.807, 2.05) is 0 Å². The molecule has 0 aliphatic rings. The lowest BCUT2D eigenvalue weighted by Crippen LogP contribution is -2.27. The number of nitrogens with one attached hydrogen (secondary N) is 1. The molecule has 0 fully saturated rings. The maximum absolute atomic E-state index is 11.6. The summed E-state index contributed by atoms with van der Waals surface area (Å²) in [7, 11) is 0. The summed E-state index contributed by atoms with van der Waals surface area (Å²) in [4.78, 5) is 11.6. The first-order chi connectivity index (χ1) is 9.23. The predicted octanol–water partition coefficient (Wildman–Crippen LogP) is 2.12. The van der Waals surface area contributed by atoms with E-state index in [4.69, 9.17) is 15.6 Å². The highest BCUT2D eigenvalue weighted by Gasteiger charge is 2.17. The number of hydrogen-bond acceptors (Lipinski definition) is 5. The summed E-state index contributed by atoms with van der Waals surface area (Å²) in [6.45, 7) is 5.24. The van der Waals surface area contributed by atoms with Gasteiger partial charge < -0.3 is 20.7 Å². The summed E-state index contributed by atoms with van der Waals surface area (Å²) in [5, 5.41) is 21.2. The summed E-state index contributed by atoms with van der Waals surface area (Å²) in [5.74, 6) is -0.0282. The first-order valence-corrected chi connectivity index (χ1v) is 6.42. The third-order valence-corrected chi connectivity index (χ3v) is 2.52. The molecule has 20 heavy (non-hydrogen) atoms. The lowest BCUT2D eigenvalue weighted by Gasteiger charge is -2.20. The number of aliphatic hydroxyl groups excluding tert-OH is 1. The van der Waals surface area contributed by atoms with Crippen LogP contribution in [-0.4, -0.2) is 28.5 Å². The average molecular weight is 282 g/mol. The Bertz CT molecular complexity index is 469. The van der Waals surface area contributed by atoms with Crippen LogP contribution in [0.25, 0.3) is 0 Å². The van der Waals surface area contributed by atoms with Crippen LogP contribution < -0.4 is 11.1 Å². The second-order valence-electron chi connectivity index (χ2n) is 5.52. The van der Waals surface area contributed by atoms with Crippen molar-refractivity contribution in [2.75, 3.05) is 11.9 Å². The molecular weight excluding hydrogens is 260 g/mol. The SMILES string of the molecule is CC(C)(C)OC(=O)Nc1ccc(C(N)CCO)c(O)c1. The van der Waals surface area contributed by atoms with Gasteiger partial charge in [0.25, 0.3) is 0 Å². The van der Waals surface area contributed by atoms with Crippen molar-refractivity contribution in [2.24, 2.45) is 5.73 Å². The number of phenols is 1. The lowest BCUT2D eigenvalue weighted by atomic mass is 10.0. The van der Waals surface area contributed by atoms with Crippen LogP contribution in [0.15, 0.2) is 18.2 Å². The van der Waals surface area contributed by atoms with E-state index in [2.05, 4.69) is 5.32 Å². The van der Waals surface area contributed by atoms with Gasteiger partial charge >= 0.3 is 6.09 Å². The number of aromatic hydroxyl groups is 1. The number of phenolic OH excluding ortho intramolecular Hbond substituents is 1. The largest absolute Gasteiger partial charge is 0.508 e. The van der Waals surface area contributed by atoms with E-state index >= 15 is 0 Å². The molecule has 1 unspecified atom stereocenters. The molecule has 0 radical (unpaired) electrons. The number of carbonyl (C=O) groups is 1. The van der Waals surface area contributed by atoms with Crippen LogP contribution in [0.1, 0.15) is 38.8 Å². The first kappa shape index (κ1) is 16.3. The maximum atomic E-state index is 11.6. The van der Waals surface area contributed by atoms with Crippen LogP contribution in [-0.2, 0) is 4.74 Å². The maximum Gasteiger partial charge on any atom is 0.412 e. The first-order valence-electron chi connectivity index (χ1n) is 6.42. The summed E-state index contributed by atoms with van der Waals surface area (Å²) >= 11 is 0. The van der Waals surface area contributed by atoms with Gasteiger partial charge in [0.1, 0.15) is 11.4 Å². The molecule has 0 aliphatic carbocycles. The smallest absolute Gasteiger partial charge is 0.412 e. The van der Waals surface area contributed by atoms with Crippen LogP contribution in [0.2, 0.25) is 0 Å². The second-order valence-corrected chi connectivity index (χ2v) is 5.52. The van der Waals surface area contributed by atoms with Gasteiger partial charge in [-0.3, -0.25) is 5.32 Å². The van der Waals surface area contributed by atoms with Crippen molar-refractivity contribution in [1.82, 2.24) is 0 Å². The zero-order valence-electron chi connectivity index (χ0n) is 12.0. The van der Waals surface area contributed by atoms with Gasteiger partial charge in [0.15, 0.2) is 0 Å². The Morgan fingerprint density at radius 2 is 2.10 bits per heavy atom. The van der Waals surface area contributed by atoms with Gasteiger partial charge in [-0.2, -0.15) is 0 Å². The van der Waals surface area contributed by atoms with Gasteiger partial charge in [-0.1, -0.05) is 6.07 Å². The molecule has 0 bridgehead atoms. The fourth-order valence-corrected chi connectivity index (χ4v) is 1.65. The number of anilines is 1. The van der Waals surface area contributed by atoms with E-state index in [-0.39, 0.29) is 12.4 Å². The summed E-state index contributed by atoms with van der Waals surface area (Å²) in [5.41, 5.74) is 6.16. The van der Waals surface area contributed by atoms with Crippen molar-refractivity contribution in [3.05, 3.63) is 23.8 Å². The normalized spacial score (nSPS) is 12.8. The number of benzene rings is 1. The molecule has 112 valence electrons. The molecule has 6 nitrogen and oxygen atoms in total. The number of ether oxygens (including phenoxy) is 1. The molecule has 1 aromatic rings. The molecule has 1 amide bonds. The summed E-state index contributed by atoms with van der Waals surface area (Å²) in [6, 6.07) is 4.19. The Balaban J connectivity index is 2.75. The van der Waals surface area contributed by atoms with Gasteiger partial charge in [0, 0.05) is 30.0 Å². The standard InChI is InChI=1S/C14H22N2O4/c1-14(2,3)20-13(19)16-9-4-5-10(12(18)8-9)11(15)6-7-17/h4-5,8,11,17-18H,6-7,15H2,1-3H3,(H,16,19). The number of rotatable bonds is 4. The Hall–Kier alpha value is -1.79. The highest BCUT2D eigenvalue weighted by Crippen LogP contribution is 2.28. The quantitative estimate of drug-likeness (QED) is 0.677. The number of hydrogen-bond donors (Lipinski definition) is 4. The van der Waals surface area contributed by atoms with E-state index in [0.29, 0.717) is 17.7 Å². The van der Waals surface area contributed by atoms with Crippen molar-refractivity contribution in [1.29, 1.82) is 0 Å². The highest BCUT2D eigenvalue weighted by atomic mass is 16.6. The molecule has 0 spiro atoms. The molecule has 0 heterocycles. The van der Waals surface area contributed by atoms with Crippen molar-refractivity contribution in [2.45, 2.75) is 38.8 Å². The van der Waals surface area contributed by atoms with Crippen LogP contribution in [0.3, 0.4) is 0 Å². The Morgan fingerprint density at radius 3 is 2.60 bits per heavy atom. The second kappa shape index (κ2) is 6.58. The van der Waals surface area contributed by atoms with Gasteiger partial charge in [-0.15, -0.1) is 0 Å². The van der Waals surface area contributed by atoms with Gasteiger partial charge in [0.2, 0.25) is 0 Å². The molecule has 5 N–H and O–H groups in total. The molecule has 0 aliphatic heterocycles. The molecule has 0 saturated carbocycles. The van der Waals surface area contributed by atoms with Gasteiger partial charge in [-0.25, -0.2) is 4.79 Å². The van der Waals surface area contributed by atoms with Crippen LogP contribution in [0.4, 0.5) is 10.5 Å². The van der Waals surface area contributed by atoms with Crippen molar-refractivity contribution in [3.63, 3.8) is 0 Å². The molecule has 0 aromatic heterocycles. The minimum Gasteiger partial charge on any atom is -0.508 e. The summed E-state index contributed by atoms with van der Waals surface area (Å²) in [6.07, 6.45) is -0.240. The van der Waals surface area contributed by atoms with Crippen LogP contribution >= 0.6 is 0 Å². The molecule has 1 atom stereocenters. The predicted molar refractivity (Wildman–Crippen MR) is 76.6 cm³/mol. The fraction of sp³-hybridized carbons (Fsp3) is 0.500. The van der Waals surface area contributed by atoms with E-state index < -0.39 is 17.7 Å². The van der Waals surface area contributed by atoms with E-state index in [1.165, 1.54) is 6.07 Å². The van der Waals surface area contributed by atoms with E-state index in [1.54, 1.807) is 32.9 Å². The zero-order valence-corrected chi connectivity index (χ0v) is 12.0. The molecule has 1 rings (SSSR count). The third kappa shape index (κ3) is 5.07. The van der Waals surface area contributed by atoms with E-state index in [9.17, 15) is 9.90 Å². The number of aliphatic hydroxyl groups is 1. The molecule has 1 aromatic carbocycles. The molecular formula is C14H22N2O4. The number of amides is 1. The minimum absolute atomic E-state index is 0.0282. The average Bonchev–Trinajstić information content (AvgIpc) is 2.26. The highest BCUT2D eigenvalue weighted by molar-refractivity contribution is 5.85. The minimum atomic E-state index is -0.593.